The average Bonchev–Trinajstić information content (AvgIpc) is 4.01. The van der Waals surface area contributed by atoms with Gasteiger partial charge in [-0.3, -0.25) is 4.57 Å². The van der Waals surface area contributed by atoms with Crippen molar-refractivity contribution in [1.82, 2.24) is 4.57 Å². The van der Waals surface area contributed by atoms with Crippen LogP contribution in [0.4, 0.5) is 0 Å². The van der Waals surface area contributed by atoms with Gasteiger partial charge in [-0.25, -0.2) is 0 Å². The molecule has 0 saturated carbocycles. The molecule has 9 rings (SSSR count). The van der Waals surface area contributed by atoms with Crippen molar-refractivity contribution in [2.45, 2.75) is 19.1 Å². The summed E-state index contributed by atoms with van der Waals surface area (Å²) in [6.45, 7) is 4.08. The summed E-state index contributed by atoms with van der Waals surface area (Å²) in [6, 6.07) is 34.0. The Labute approximate surface area is 260 Å². The highest BCUT2D eigenvalue weighted by molar-refractivity contribution is 7.75. The zero-order chi connectivity index (χ0) is 30.1. The van der Waals surface area contributed by atoms with E-state index in [2.05, 4.69) is 41.8 Å². The van der Waals surface area contributed by atoms with Gasteiger partial charge in [0.1, 0.15) is 48.2 Å². The first-order valence-electron chi connectivity index (χ1n) is 15.2. The summed E-state index contributed by atoms with van der Waals surface area (Å²) < 4.78 is 48.9. The lowest BCUT2D eigenvalue weighted by Gasteiger charge is -2.30. The summed E-state index contributed by atoms with van der Waals surface area (Å²) in [5.41, 5.74) is 5.72. The second kappa shape index (κ2) is 10.2. The monoisotopic (exact) mass is 615 g/mol. The van der Waals surface area contributed by atoms with Crippen LogP contribution in [-0.2, 0) is 14.0 Å². The Morgan fingerprint density at radius 1 is 0.778 bits per heavy atom. The van der Waals surface area contributed by atoms with Crippen LogP contribution in [0.1, 0.15) is 5.56 Å². The maximum atomic E-state index is 15.7. The Bertz CT molecular complexity index is 2170. The van der Waals surface area contributed by atoms with Gasteiger partial charge < -0.3 is 28.0 Å². The van der Waals surface area contributed by atoms with Crippen LogP contribution in [0.2, 0.25) is 0 Å². The van der Waals surface area contributed by atoms with Crippen LogP contribution in [0.25, 0.3) is 38.6 Å². The highest BCUT2D eigenvalue weighted by atomic mass is 31.2. The van der Waals surface area contributed by atoms with E-state index in [1.807, 2.05) is 72.8 Å². The van der Waals surface area contributed by atoms with Crippen molar-refractivity contribution >= 4 is 39.8 Å². The standard InChI is InChI=1S/C37H30NO6P/c1-23-15-16-30-29(17-23)35-36(38(30)24-9-3-2-4-10-24)32(42-21-25-19-40-25)18-34(37(35)43-22-26-20-41-26)45(39)33-14-8-6-12-28(33)27-11-5-7-13-31(27)44-45/h2-18,25-26H,19-22H2,1H3. The van der Waals surface area contributed by atoms with E-state index >= 15 is 4.57 Å². The van der Waals surface area contributed by atoms with Crippen molar-refractivity contribution in [1.29, 1.82) is 0 Å². The lowest BCUT2D eigenvalue weighted by molar-refractivity contribution is 0.262. The van der Waals surface area contributed by atoms with Gasteiger partial charge in [-0.2, -0.15) is 0 Å². The minimum Gasteiger partial charge on any atom is -0.489 e. The molecule has 3 aliphatic rings. The first-order chi connectivity index (χ1) is 22.1. The van der Waals surface area contributed by atoms with Crippen molar-refractivity contribution in [2.24, 2.45) is 0 Å². The fourth-order valence-electron chi connectivity index (χ4n) is 6.36. The molecule has 4 heterocycles. The van der Waals surface area contributed by atoms with E-state index in [4.69, 9.17) is 23.5 Å². The summed E-state index contributed by atoms with van der Waals surface area (Å²) in [6.07, 6.45) is 0.0130. The molecular formula is C37H30NO6P. The number of para-hydroxylation sites is 2. The predicted octanol–water partition coefficient (Wildman–Crippen LogP) is 6.94. The first-order valence-corrected chi connectivity index (χ1v) is 16.9. The number of aryl methyl sites for hydroxylation is 1. The molecule has 6 aromatic rings. The molecule has 1 aromatic heterocycles. The molecule has 5 aromatic carbocycles. The van der Waals surface area contributed by atoms with E-state index in [0.29, 0.717) is 54.3 Å². The van der Waals surface area contributed by atoms with E-state index in [1.165, 1.54) is 0 Å². The molecule has 0 amide bonds. The Morgan fingerprint density at radius 3 is 2.24 bits per heavy atom. The minimum atomic E-state index is -3.77. The number of benzene rings is 5. The number of fused-ring (bicyclic) bond motifs is 6. The van der Waals surface area contributed by atoms with Crippen molar-refractivity contribution in [3.63, 3.8) is 0 Å². The third kappa shape index (κ3) is 4.45. The van der Waals surface area contributed by atoms with Gasteiger partial charge in [-0.05, 0) is 48.9 Å². The van der Waals surface area contributed by atoms with E-state index in [-0.39, 0.29) is 12.2 Å². The van der Waals surface area contributed by atoms with Crippen LogP contribution in [0.15, 0.2) is 103 Å². The highest BCUT2D eigenvalue weighted by Crippen LogP contribution is 2.57. The summed E-state index contributed by atoms with van der Waals surface area (Å²) in [7, 11) is -3.77. The fraction of sp³-hybridized carbons (Fsp3) is 0.189. The van der Waals surface area contributed by atoms with Crippen LogP contribution in [0.5, 0.6) is 17.2 Å². The Balaban J connectivity index is 1.40. The third-order valence-corrected chi connectivity index (χ3v) is 11.1. The molecule has 2 saturated heterocycles. The van der Waals surface area contributed by atoms with Gasteiger partial charge in [0.25, 0.3) is 0 Å². The molecule has 0 N–H and O–H groups in total. The second-order valence-corrected chi connectivity index (χ2v) is 14.1. The van der Waals surface area contributed by atoms with E-state index in [1.54, 1.807) is 0 Å². The molecule has 224 valence electrons. The molecule has 8 heteroatoms. The van der Waals surface area contributed by atoms with Crippen LogP contribution in [0, 0.1) is 6.92 Å². The minimum absolute atomic E-state index is 0.0127. The third-order valence-electron chi connectivity index (χ3n) is 8.68. The van der Waals surface area contributed by atoms with Gasteiger partial charge in [0.15, 0.2) is 0 Å². The maximum Gasteiger partial charge on any atom is 0.311 e. The van der Waals surface area contributed by atoms with Crippen LogP contribution in [-0.4, -0.2) is 43.2 Å². The molecule has 2 fully saturated rings. The van der Waals surface area contributed by atoms with Gasteiger partial charge in [0.2, 0.25) is 0 Å². The molecule has 0 radical (unpaired) electrons. The first kappa shape index (κ1) is 26.8. The topological polar surface area (TPSA) is 74.8 Å². The van der Waals surface area contributed by atoms with Gasteiger partial charge in [0.05, 0.1) is 34.7 Å². The number of rotatable bonds is 8. The van der Waals surface area contributed by atoms with Gasteiger partial charge in [-0.1, -0.05) is 66.2 Å². The molecule has 7 nitrogen and oxygen atoms in total. The number of hydrogen-bond donors (Lipinski definition) is 0. The molecule has 3 aliphatic heterocycles. The van der Waals surface area contributed by atoms with Crippen molar-refractivity contribution in [3.05, 3.63) is 109 Å². The summed E-state index contributed by atoms with van der Waals surface area (Å²) in [5, 5.41) is 2.91. The van der Waals surface area contributed by atoms with Gasteiger partial charge in [-0.15, -0.1) is 0 Å². The number of hydrogen-bond acceptors (Lipinski definition) is 6. The van der Waals surface area contributed by atoms with E-state index in [9.17, 15) is 0 Å². The quantitative estimate of drug-likeness (QED) is 0.137. The maximum absolute atomic E-state index is 15.7. The Hall–Kier alpha value is -4.55. The van der Waals surface area contributed by atoms with Crippen LogP contribution >= 0.6 is 7.37 Å². The van der Waals surface area contributed by atoms with Crippen molar-refractivity contribution in [2.75, 3.05) is 26.4 Å². The van der Waals surface area contributed by atoms with E-state index in [0.717, 1.165) is 44.2 Å². The largest absolute Gasteiger partial charge is 0.489 e. The smallest absolute Gasteiger partial charge is 0.311 e. The molecule has 0 spiro atoms. The molecule has 0 bridgehead atoms. The zero-order valence-corrected chi connectivity index (χ0v) is 25.5. The van der Waals surface area contributed by atoms with Gasteiger partial charge >= 0.3 is 7.37 Å². The highest BCUT2D eigenvalue weighted by Gasteiger charge is 2.42. The predicted molar refractivity (Wildman–Crippen MR) is 175 cm³/mol. The number of ether oxygens (including phenoxy) is 4. The number of nitrogens with zero attached hydrogens (tertiary/aromatic N) is 1. The SMILES string of the molecule is Cc1ccc2c(c1)c1c(OCC3CO3)c(P3(=O)Oc4ccccc4-c4ccccc43)cc(OCC3CO3)c1n2-c1ccccc1. The lowest BCUT2D eigenvalue weighted by atomic mass is 10.0. The average molecular weight is 616 g/mol. The molecular weight excluding hydrogens is 585 g/mol. The summed E-state index contributed by atoms with van der Waals surface area (Å²) in [5.74, 6) is 1.70. The molecule has 0 aliphatic carbocycles. The van der Waals surface area contributed by atoms with Gasteiger partial charge in [0, 0.05) is 22.7 Å². The Morgan fingerprint density at radius 2 is 1.47 bits per heavy atom. The molecule has 45 heavy (non-hydrogen) atoms. The summed E-state index contributed by atoms with van der Waals surface area (Å²) >= 11 is 0. The van der Waals surface area contributed by atoms with Crippen LogP contribution < -0.4 is 24.6 Å². The molecule has 3 atom stereocenters. The van der Waals surface area contributed by atoms with Crippen LogP contribution in [0.3, 0.4) is 0 Å². The number of epoxide rings is 2. The lowest BCUT2D eigenvalue weighted by Crippen LogP contribution is -2.27. The van der Waals surface area contributed by atoms with E-state index < -0.39 is 7.37 Å². The zero-order valence-electron chi connectivity index (χ0n) is 24.6. The Kier molecular flexibility index (Phi) is 6.11. The fourth-order valence-corrected chi connectivity index (χ4v) is 8.77. The molecule has 3 unspecified atom stereocenters. The normalized spacial score (nSPS) is 21.2. The summed E-state index contributed by atoms with van der Waals surface area (Å²) in [4.78, 5) is 0. The second-order valence-electron chi connectivity index (χ2n) is 11.8. The van der Waals surface area contributed by atoms with Crippen molar-refractivity contribution in [3.8, 4) is 34.1 Å². The number of aromatic nitrogens is 1. The van der Waals surface area contributed by atoms with Crippen molar-refractivity contribution < 1.29 is 28.0 Å².